The summed E-state index contributed by atoms with van der Waals surface area (Å²) in [5.74, 6) is -0.0458. The molecule has 0 aliphatic heterocycles. The van der Waals surface area contributed by atoms with Crippen LogP contribution < -0.4 is 0 Å². The van der Waals surface area contributed by atoms with Crippen molar-refractivity contribution in [1.82, 2.24) is 19.4 Å². The Morgan fingerprint density at radius 2 is 2.12 bits per heavy atom. The van der Waals surface area contributed by atoms with E-state index in [4.69, 9.17) is 16.3 Å². The zero-order valence-electron chi connectivity index (χ0n) is 15.5. The summed E-state index contributed by atoms with van der Waals surface area (Å²) >= 11 is 5.91. The van der Waals surface area contributed by atoms with E-state index in [9.17, 15) is 4.79 Å². The number of hydrogen-bond donors (Lipinski definition) is 1. The van der Waals surface area contributed by atoms with Crippen molar-refractivity contribution < 1.29 is 9.53 Å². The molecule has 6 nitrogen and oxygen atoms in total. The summed E-state index contributed by atoms with van der Waals surface area (Å²) in [5.41, 5.74) is 5.56. The third-order valence-electron chi connectivity index (χ3n) is 4.79. The van der Waals surface area contributed by atoms with Crippen LogP contribution in [0.3, 0.4) is 0 Å². The van der Waals surface area contributed by atoms with E-state index in [0.717, 1.165) is 22.3 Å². The fourth-order valence-corrected chi connectivity index (χ4v) is 3.24. The molecular weight excluding hydrogens is 352 g/mol. The molecule has 2 aromatic heterocycles. The minimum Gasteiger partial charge on any atom is -0.383 e. The molecule has 26 heavy (non-hydrogen) atoms. The maximum atomic E-state index is 13.1. The number of H-pyrrole nitrogens is 1. The number of methoxy groups -OCH3 is 1. The molecule has 0 saturated heterocycles. The normalized spacial score (nSPS) is 11.3. The maximum absolute atomic E-state index is 13.1. The molecule has 0 fully saturated rings. The van der Waals surface area contributed by atoms with E-state index in [1.165, 1.54) is 5.69 Å². The van der Waals surface area contributed by atoms with Gasteiger partial charge in [0.05, 0.1) is 17.6 Å². The molecule has 7 heteroatoms. The molecule has 0 saturated carbocycles. The van der Waals surface area contributed by atoms with Crippen LogP contribution in [-0.2, 0) is 18.3 Å². The number of halogens is 1. The molecule has 0 spiro atoms. The van der Waals surface area contributed by atoms with Gasteiger partial charge >= 0.3 is 0 Å². The zero-order valence-corrected chi connectivity index (χ0v) is 16.2. The molecule has 1 amide bonds. The Labute approximate surface area is 157 Å². The number of imidazole rings is 1. The molecule has 2 heterocycles. The number of carbonyl (C=O) groups excluding carboxylic acids is 1. The Morgan fingerprint density at radius 1 is 1.35 bits per heavy atom. The van der Waals surface area contributed by atoms with Gasteiger partial charge in [0.15, 0.2) is 0 Å². The lowest BCUT2D eigenvalue weighted by molar-refractivity contribution is 0.0680. The smallest absolute Gasteiger partial charge is 0.254 e. The van der Waals surface area contributed by atoms with Crippen molar-refractivity contribution in [3.8, 4) is 0 Å². The molecule has 3 rings (SSSR count). The van der Waals surface area contributed by atoms with Crippen molar-refractivity contribution in [2.45, 2.75) is 20.4 Å². The number of ether oxygens (including phenoxy) is 1. The Kier molecular flexibility index (Phi) is 5.34. The van der Waals surface area contributed by atoms with Crippen molar-refractivity contribution in [2.24, 2.45) is 7.05 Å². The van der Waals surface area contributed by atoms with Crippen LogP contribution in [0.25, 0.3) is 11.0 Å². The van der Waals surface area contributed by atoms with Gasteiger partial charge in [-0.25, -0.2) is 4.98 Å². The molecule has 0 aliphatic rings. The predicted octanol–water partition coefficient (Wildman–Crippen LogP) is 3.46. The largest absolute Gasteiger partial charge is 0.383 e. The number of aryl methyl sites for hydroxylation is 1. The summed E-state index contributed by atoms with van der Waals surface area (Å²) in [5, 5.41) is 0.316. The number of aromatic nitrogens is 3. The summed E-state index contributed by atoms with van der Waals surface area (Å²) < 4.78 is 7.33. The first kappa shape index (κ1) is 18.5. The van der Waals surface area contributed by atoms with Crippen LogP contribution in [0.1, 0.15) is 27.3 Å². The number of nitrogens with one attached hydrogen (secondary N) is 1. The fraction of sp³-hybridized carbons (Fsp3) is 0.368. The minimum absolute atomic E-state index is 0.0458. The third kappa shape index (κ3) is 3.61. The second kappa shape index (κ2) is 7.51. The molecule has 0 radical (unpaired) electrons. The van der Waals surface area contributed by atoms with Crippen LogP contribution in [0, 0.1) is 13.8 Å². The molecule has 1 N–H and O–H groups in total. The number of carbonyl (C=O) groups is 1. The summed E-state index contributed by atoms with van der Waals surface area (Å²) in [4.78, 5) is 22.0. The number of rotatable bonds is 6. The predicted molar refractivity (Wildman–Crippen MR) is 103 cm³/mol. The molecule has 0 aliphatic carbocycles. The van der Waals surface area contributed by atoms with E-state index in [1.807, 2.05) is 11.9 Å². The maximum Gasteiger partial charge on any atom is 0.254 e. The van der Waals surface area contributed by atoms with Crippen LogP contribution in [0.15, 0.2) is 24.3 Å². The molecule has 138 valence electrons. The minimum atomic E-state index is -0.0458. The van der Waals surface area contributed by atoms with Gasteiger partial charge in [-0.05, 0) is 55.3 Å². The SMILES string of the molecule is COCCN(Cc1cc(C)n(C)c1C)C(=O)c1ccc2nc(Cl)[nH]c2c1. The van der Waals surface area contributed by atoms with E-state index >= 15 is 0 Å². The van der Waals surface area contributed by atoms with Gasteiger partial charge in [0.25, 0.3) is 5.91 Å². The first-order valence-electron chi connectivity index (χ1n) is 8.46. The average molecular weight is 375 g/mol. The first-order chi connectivity index (χ1) is 12.4. The van der Waals surface area contributed by atoms with E-state index < -0.39 is 0 Å². The van der Waals surface area contributed by atoms with Gasteiger partial charge < -0.3 is 19.2 Å². The quantitative estimate of drug-likeness (QED) is 0.718. The average Bonchev–Trinajstić information content (AvgIpc) is 3.11. The number of amides is 1. The Balaban J connectivity index is 1.89. The van der Waals surface area contributed by atoms with Crippen molar-refractivity contribution in [3.05, 3.63) is 52.1 Å². The van der Waals surface area contributed by atoms with E-state index in [2.05, 4.69) is 34.4 Å². The summed E-state index contributed by atoms with van der Waals surface area (Å²) in [6.45, 7) is 5.67. The summed E-state index contributed by atoms with van der Waals surface area (Å²) in [6.07, 6.45) is 0. The Bertz CT molecular complexity index is 945. The highest BCUT2D eigenvalue weighted by Gasteiger charge is 2.19. The van der Waals surface area contributed by atoms with Crippen LogP contribution >= 0.6 is 11.6 Å². The van der Waals surface area contributed by atoms with Gasteiger partial charge in [0, 0.05) is 44.2 Å². The lowest BCUT2D eigenvalue weighted by Crippen LogP contribution is -2.33. The zero-order chi connectivity index (χ0) is 18.8. The molecule has 0 unspecified atom stereocenters. The monoisotopic (exact) mass is 374 g/mol. The van der Waals surface area contributed by atoms with Crippen LogP contribution in [-0.4, -0.2) is 45.6 Å². The highest BCUT2D eigenvalue weighted by atomic mass is 35.5. The topological polar surface area (TPSA) is 63.1 Å². The third-order valence-corrected chi connectivity index (χ3v) is 4.97. The highest BCUT2D eigenvalue weighted by molar-refractivity contribution is 6.29. The molecular formula is C19H23ClN4O2. The molecule has 0 bridgehead atoms. The summed E-state index contributed by atoms with van der Waals surface area (Å²) in [7, 11) is 3.67. The Morgan fingerprint density at radius 3 is 2.77 bits per heavy atom. The lowest BCUT2D eigenvalue weighted by atomic mass is 10.1. The molecule has 1 aromatic carbocycles. The standard InChI is InChI=1S/C19H23ClN4O2/c1-12-9-15(13(2)23(12)3)11-24(7-8-26-4)18(25)14-5-6-16-17(10-14)22-19(20)21-16/h5-6,9-10H,7-8,11H2,1-4H3,(H,21,22). The number of benzene rings is 1. The second-order valence-electron chi connectivity index (χ2n) is 6.43. The number of hydrogen-bond acceptors (Lipinski definition) is 3. The van der Waals surface area contributed by atoms with Gasteiger partial charge in [0.1, 0.15) is 0 Å². The van der Waals surface area contributed by atoms with E-state index in [0.29, 0.717) is 30.5 Å². The van der Waals surface area contributed by atoms with Gasteiger partial charge in [-0.15, -0.1) is 0 Å². The fourth-order valence-electron chi connectivity index (χ4n) is 3.05. The first-order valence-corrected chi connectivity index (χ1v) is 8.83. The molecule has 0 atom stereocenters. The number of fused-ring (bicyclic) bond motifs is 1. The van der Waals surface area contributed by atoms with Gasteiger partial charge in [-0.1, -0.05) is 0 Å². The van der Waals surface area contributed by atoms with Crippen molar-refractivity contribution in [3.63, 3.8) is 0 Å². The van der Waals surface area contributed by atoms with Crippen LogP contribution in [0.4, 0.5) is 0 Å². The lowest BCUT2D eigenvalue weighted by Gasteiger charge is -2.22. The highest BCUT2D eigenvalue weighted by Crippen LogP contribution is 2.20. The van der Waals surface area contributed by atoms with Crippen molar-refractivity contribution >= 4 is 28.5 Å². The van der Waals surface area contributed by atoms with Gasteiger partial charge in [0.2, 0.25) is 5.28 Å². The molecule has 3 aromatic rings. The van der Waals surface area contributed by atoms with Gasteiger partial charge in [-0.2, -0.15) is 0 Å². The van der Waals surface area contributed by atoms with Gasteiger partial charge in [-0.3, -0.25) is 4.79 Å². The number of nitrogens with zero attached hydrogens (tertiary/aromatic N) is 3. The van der Waals surface area contributed by atoms with Crippen LogP contribution in [0.2, 0.25) is 5.28 Å². The van der Waals surface area contributed by atoms with E-state index in [1.54, 1.807) is 25.3 Å². The van der Waals surface area contributed by atoms with Crippen molar-refractivity contribution in [1.29, 1.82) is 0 Å². The van der Waals surface area contributed by atoms with Crippen LogP contribution in [0.5, 0.6) is 0 Å². The second-order valence-corrected chi connectivity index (χ2v) is 6.79. The van der Waals surface area contributed by atoms with Crippen molar-refractivity contribution in [2.75, 3.05) is 20.3 Å². The summed E-state index contributed by atoms with van der Waals surface area (Å²) in [6, 6.07) is 7.50. The number of aromatic amines is 1. The van der Waals surface area contributed by atoms with E-state index in [-0.39, 0.29) is 5.91 Å². The Hall–Kier alpha value is -2.31.